The normalized spacial score (nSPS) is 22.6. The first-order valence-electron chi connectivity index (χ1n) is 8.32. The van der Waals surface area contributed by atoms with Crippen molar-refractivity contribution >= 4 is 5.91 Å². The van der Waals surface area contributed by atoms with Crippen LogP contribution in [0.1, 0.15) is 33.1 Å². The first-order chi connectivity index (χ1) is 11.7. The van der Waals surface area contributed by atoms with E-state index in [1.807, 2.05) is 30.3 Å². The number of fused-ring (bicyclic) bond motifs is 3. The average molecular weight is 317 g/mol. The van der Waals surface area contributed by atoms with Gasteiger partial charge in [-0.15, -0.1) is 0 Å². The highest BCUT2D eigenvalue weighted by molar-refractivity contribution is 5.94. The number of carbonyl (C=O) groups is 1. The Hall–Kier alpha value is -2.64. The van der Waals surface area contributed by atoms with E-state index in [2.05, 4.69) is 36.2 Å². The second-order valence-electron chi connectivity index (χ2n) is 6.49. The molecular weight excluding hydrogens is 298 g/mol. The van der Waals surface area contributed by atoms with E-state index in [1.165, 1.54) is 16.7 Å². The van der Waals surface area contributed by atoms with Gasteiger partial charge in [-0.25, -0.2) is 5.01 Å². The van der Waals surface area contributed by atoms with Crippen LogP contribution in [0.25, 0.3) is 0 Å². The Morgan fingerprint density at radius 3 is 2.71 bits per heavy atom. The van der Waals surface area contributed by atoms with Crippen molar-refractivity contribution in [3.05, 3.63) is 70.8 Å². The molecule has 1 fully saturated rings. The van der Waals surface area contributed by atoms with Gasteiger partial charge in [0.15, 0.2) is 0 Å². The van der Waals surface area contributed by atoms with E-state index in [1.54, 1.807) is 5.01 Å². The van der Waals surface area contributed by atoms with Gasteiger partial charge in [0.05, 0.1) is 24.6 Å². The second kappa shape index (κ2) is 5.77. The number of nitriles is 1. The molecule has 24 heavy (non-hydrogen) atoms. The molecule has 2 heterocycles. The fourth-order valence-corrected chi connectivity index (χ4v) is 4.02. The average Bonchev–Trinajstić information content (AvgIpc) is 3.01. The number of amides is 1. The molecule has 0 bridgehead atoms. The van der Waals surface area contributed by atoms with Crippen LogP contribution in [-0.4, -0.2) is 29.0 Å². The molecule has 0 aliphatic carbocycles. The topological polar surface area (TPSA) is 47.3 Å². The summed E-state index contributed by atoms with van der Waals surface area (Å²) in [7, 11) is 0. The molecule has 2 atom stereocenters. The largest absolute Gasteiger partial charge is 0.269 e. The third-order valence-electron chi connectivity index (χ3n) is 5.12. The maximum absolute atomic E-state index is 12.9. The molecule has 4 rings (SSSR count). The Bertz CT molecular complexity index is 825. The molecule has 1 saturated heterocycles. The van der Waals surface area contributed by atoms with Crippen LogP contribution in [0.15, 0.2) is 48.5 Å². The van der Waals surface area contributed by atoms with Crippen LogP contribution in [0.3, 0.4) is 0 Å². The number of nitrogens with zero attached hydrogens (tertiary/aromatic N) is 3. The SMILES string of the molecule is Cc1cccc2c1C1C(C#N)CN(C(=O)c3ccccc3)N1CC2. The van der Waals surface area contributed by atoms with Gasteiger partial charge in [-0.2, -0.15) is 5.26 Å². The lowest BCUT2D eigenvalue weighted by atomic mass is 9.85. The number of benzene rings is 2. The van der Waals surface area contributed by atoms with Gasteiger partial charge in [0.25, 0.3) is 5.91 Å². The van der Waals surface area contributed by atoms with Crippen molar-refractivity contribution in [3.63, 3.8) is 0 Å². The molecule has 120 valence electrons. The van der Waals surface area contributed by atoms with Crippen LogP contribution in [0, 0.1) is 24.2 Å². The Labute approximate surface area is 141 Å². The summed E-state index contributed by atoms with van der Waals surface area (Å²) in [6.45, 7) is 3.33. The number of aryl methyl sites for hydroxylation is 1. The molecule has 2 aromatic rings. The summed E-state index contributed by atoms with van der Waals surface area (Å²) in [5.41, 5.74) is 4.42. The molecule has 2 aliphatic rings. The smallest absolute Gasteiger partial charge is 0.268 e. The molecule has 4 heteroatoms. The van der Waals surface area contributed by atoms with Crippen molar-refractivity contribution in [2.24, 2.45) is 5.92 Å². The summed E-state index contributed by atoms with van der Waals surface area (Å²) in [4.78, 5) is 12.9. The zero-order valence-electron chi connectivity index (χ0n) is 13.6. The summed E-state index contributed by atoms with van der Waals surface area (Å²) >= 11 is 0. The van der Waals surface area contributed by atoms with Crippen molar-refractivity contribution < 1.29 is 4.79 Å². The molecule has 2 unspecified atom stereocenters. The summed E-state index contributed by atoms with van der Waals surface area (Å²) in [6, 6.07) is 18.1. The predicted molar refractivity (Wildman–Crippen MR) is 90.9 cm³/mol. The summed E-state index contributed by atoms with van der Waals surface area (Å²) < 4.78 is 0. The van der Waals surface area contributed by atoms with E-state index in [-0.39, 0.29) is 17.9 Å². The van der Waals surface area contributed by atoms with Crippen LogP contribution < -0.4 is 0 Å². The predicted octanol–water partition coefficient (Wildman–Crippen LogP) is 3.11. The van der Waals surface area contributed by atoms with Gasteiger partial charge in [0, 0.05) is 12.1 Å². The Kier molecular flexibility index (Phi) is 3.59. The minimum Gasteiger partial charge on any atom is -0.269 e. The number of hydrazine groups is 1. The molecule has 0 radical (unpaired) electrons. The highest BCUT2D eigenvalue weighted by Gasteiger charge is 2.46. The Morgan fingerprint density at radius 2 is 1.96 bits per heavy atom. The van der Waals surface area contributed by atoms with E-state index in [9.17, 15) is 10.1 Å². The molecule has 2 aliphatic heterocycles. The van der Waals surface area contributed by atoms with Crippen LogP contribution in [0.5, 0.6) is 0 Å². The van der Waals surface area contributed by atoms with Gasteiger partial charge in [-0.05, 0) is 42.2 Å². The van der Waals surface area contributed by atoms with E-state index in [4.69, 9.17) is 0 Å². The fraction of sp³-hybridized carbons (Fsp3) is 0.300. The number of rotatable bonds is 1. The molecule has 1 amide bonds. The molecule has 0 saturated carbocycles. The molecule has 4 nitrogen and oxygen atoms in total. The van der Waals surface area contributed by atoms with Crippen molar-refractivity contribution in [1.82, 2.24) is 10.0 Å². The minimum atomic E-state index is -0.196. The van der Waals surface area contributed by atoms with Gasteiger partial charge >= 0.3 is 0 Å². The molecule has 0 aromatic heterocycles. The van der Waals surface area contributed by atoms with E-state index in [0.717, 1.165) is 13.0 Å². The van der Waals surface area contributed by atoms with Gasteiger partial charge in [0.1, 0.15) is 0 Å². The first-order valence-corrected chi connectivity index (χ1v) is 8.32. The standard InChI is InChI=1S/C20H19N3O/c1-14-6-5-9-15-10-11-22-19(18(14)15)17(12-21)13-23(22)20(24)16-7-3-2-4-8-16/h2-9,17,19H,10-11,13H2,1H3. The van der Waals surface area contributed by atoms with Gasteiger partial charge < -0.3 is 0 Å². The lowest BCUT2D eigenvalue weighted by Crippen LogP contribution is -2.45. The zero-order valence-corrected chi connectivity index (χ0v) is 13.6. The van der Waals surface area contributed by atoms with Crippen molar-refractivity contribution in [3.8, 4) is 6.07 Å². The van der Waals surface area contributed by atoms with Crippen LogP contribution in [0.4, 0.5) is 0 Å². The van der Waals surface area contributed by atoms with Crippen LogP contribution >= 0.6 is 0 Å². The zero-order chi connectivity index (χ0) is 16.7. The number of hydrogen-bond acceptors (Lipinski definition) is 3. The maximum atomic E-state index is 12.9. The van der Waals surface area contributed by atoms with Gasteiger partial charge in [0.2, 0.25) is 0 Å². The third-order valence-corrected chi connectivity index (χ3v) is 5.12. The number of carbonyl (C=O) groups excluding carboxylic acids is 1. The van der Waals surface area contributed by atoms with Crippen molar-refractivity contribution in [1.29, 1.82) is 5.26 Å². The lowest BCUT2D eigenvalue weighted by Gasteiger charge is -2.37. The third kappa shape index (κ3) is 2.21. The van der Waals surface area contributed by atoms with Gasteiger partial charge in [-0.1, -0.05) is 36.4 Å². The van der Waals surface area contributed by atoms with Crippen molar-refractivity contribution in [2.45, 2.75) is 19.4 Å². The Balaban J connectivity index is 1.74. The minimum absolute atomic E-state index is 0.0182. The van der Waals surface area contributed by atoms with Crippen LogP contribution in [0.2, 0.25) is 0 Å². The van der Waals surface area contributed by atoms with Crippen molar-refractivity contribution in [2.75, 3.05) is 13.1 Å². The monoisotopic (exact) mass is 317 g/mol. The number of hydrogen-bond donors (Lipinski definition) is 0. The van der Waals surface area contributed by atoms with E-state index in [0.29, 0.717) is 12.1 Å². The summed E-state index contributed by atoms with van der Waals surface area (Å²) in [5, 5.41) is 13.6. The first kappa shape index (κ1) is 14.9. The van der Waals surface area contributed by atoms with Gasteiger partial charge in [-0.3, -0.25) is 9.80 Å². The molecule has 2 aromatic carbocycles. The highest BCUT2D eigenvalue weighted by Crippen LogP contribution is 2.43. The summed E-state index contributed by atoms with van der Waals surface area (Å²) in [5.74, 6) is -0.215. The second-order valence-corrected chi connectivity index (χ2v) is 6.49. The lowest BCUT2D eigenvalue weighted by molar-refractivity contribution is -0.000620. The maximum Gasteiger partial charge on any atom is 0.268 e. The quantitative estimate of drug-likeness (QED) is 0.812. The Morgan fingerprint density at radius 1 is 1.17 bits per heavy atom. The highest BCUT2D eigenvalue weighted by atomic mass is 16.2. The fourth-order valence-electron chi connectivity index (χ4n) is 4.02. The summed E-state index contributed by atoms with van der Waals surface area (Å²) in [6.07, 6.45) is 0.907. The molecule has 0 spiro atoms. The van der Waals surface area contributed by atoms with E-state index >= 15 is 0 Å². The van der Waals surface area contributed by atoms with E-state index < -0.39 is 0 Å². The molecular formula is C20H19N3O. The molecule has 0 N–H and O–H groups in total. The van der Waals surface area contributed by atoms with Crippen LogP contribution in [-0.2, 0) is 6.42 Å².